The molecule has 158 valence electrons. The van der Waals surface area contributed by atoms with Crippen LogP contribution < -0.4 is 10.6 Å². The lowest BCUT2D eigenvalue weighted by molar-refractivity contribution is -0.123. The molecule has 2 N–H and O–H groups in total. The van der Waals surface area contributed by atoms with Crippen LogP contribution in [0.5, 0.6) is 0 Å². The van der Waals surface area contributed by atoms with Crippen molar-refractivity contribution in [1.82, 2.24) is 25.7 Å². The van der Waals surface area contributed by atoms with Crippen LogP contribution in [0.4, 0.5) is 0 Å². The van der Waals surface area contributed by atoms with Crippen LogP contribution in [0.2, 0.25) is 0 Å². The van der Waals surface area contributed by atoms with Gasteiger partial charge in [0, 0.05) is 18.7 Å². The van der Waals surface area contributed by atoms with E-state index in [-0.39, 0.29) is 30.4 Å². The topological polar surface area (TPSA) is 83.3 Å². The summed E-state index contributed by atoms with van der Waals surface area (Å²) in [6, 6.07) is 9.95. The summed E-state index contributed by atoms with van der Waals surface area (Å²) in [7, 11) is 0. The van der Waals surface area contributed by atoms with E-state index < -0.39 is 0 Å². The largest absolute Gasteiger partial charge is 0.354 e. The smallest absolute Gasteiger partial charge is 0.244 e. The quantitative estimate of drug-likeness (QED) is 0.749. The Bertz CT molecular complexity index is 778. The molecule has 0 bridgehead atoms. The first-order chi connectivity index (χ1) is 13.7. The van der Waals surface area contributed by atoms with E-state index in [1.807, 2.05) is 30.3 Å². The predicted molar refractivity (Wildman–Crippen MR) is 114 cm³/mol. The molecule has 2 aliphatic heterocycles. The molecular formula is C21H30ClN5O2. The number of hydrogen-bond donors (Lipinski definition) is 2. The highest BCUT2D eigenvalue weighted by Gasteiger charge is 2.29. The number of nitrogens with one attached hydrogen (secondary N) is 2. The zero-order valence-corrected chi connectivity index (χ0v) is 17.7. The SMILES string of the molecule is CC(c1nc(-c2ccccc2)no1)N1CCCC(CNC(=O)C2CCCN2)C1.Cl. The van der Waals surface area contributed by atoms with Crippen molar-refractivity contribution in [3.63, 3.8) is 0 Å². The van der Waals surface area contributed by atoms with E-state index in [0.717, 1.165) is 57.4 Å². The lowest BCUT2D eigenvalue weighted by atomic mass is 9.96. The maximum absolute atomic E-state index is 12.2. The summed E-state index contributed by atoms with van der Waals surface area (Å²) in [5.41, 5.74) is 0.962. The van der Waals surface area contributed by atoms with Gasteiger partial charge in [-0.1, -0.05) is 35.5 Å². The molecule has 0 saturated carbocycles. The van der Waals surface area contributed by atoms with Crippen molar-refractivity contribution in [3.05, 3.63) is 36.2 Å². The third-order valence-corrected chi connectivity index (χ3v) is 5.87. The Morgan fingerprint density at radius 1 is 1.31 bits per heavy atom. The Morgan fingerprint density at radius 3 is 2.90 bits per heavy atom. The fraction of sp³-hybridized carbons (Fsp3) is 0.571. The van der Waals surface area contributed by atoms with E-state index in [2.05, 4.69) is 32.6 Å². The number of carbonyl (C=O) groups excluding carboxylic acids is 1. The minimum atomic E-state index is -0.00609. The molecule has 1 aromatic heterocycles. The second-order valence-electron chi connectivity index (χ2n) is 7.90. The van der Waals surface area contributed by atoms with Gasteiger partial charge in [-0.3, -0.25) is 9.69 Å². The minimum Gasteiger partial charge on any atom is -0.354 e. The molecule has 2 aliphatic rings. The number of piperidine rings is 1. The van der Waals surface area contributed by atoms with Gasteiger partial charge in [0.15, 0.2) is 0 Å². The number of benzene rings is 1. The second kappa shape index (κ2) is 10.2. The highest BCUT2D eigenvalue weighted by molar-refractivity contribution is 5.85. The van der Waals surface area contributed by atoms with Crippen LogP contribution in [0.3, 0.4) is 0 Å². The molecule has 3 heterocycles. The first-order valence-corrected chi connectivity index (χ1v) is 10.3. The molecule has 3 atom stereocenters. The van der Waals surface area contributed by atoms with Gasteiger partial charge in [-0.2, -0.15) is 4.98 Å². The number of hydrogen-bond acceptors (Lipinski definition) is 6. The van der Waals surface area contributed by atoms with E-state index in [0.29, 0.717) is 17.6 Å². The lowest BCUT2D eigenvalue weighted by Crippen LogP contribution is -2.45. The van der Waals surface area contributed by atoms with Crippen molar-refractivity contribution in [2.24, 2.45) is 5.92 Å². The van der Waals surface area contributed by atoms with Crippen LogP contribution in [0.25, 0.3) is 11.4 Å². The van der Waals surface area contributed by atoms with Gasteiger partial charge in [0.25, 0.3) is 0 Å². The fourth-order valence-electron chi connectivity index (χ4n) is 4.16. The summed E-state index contributed by atoms with van der Waals surface area (Å²) in [5, 5.41) is 10.5. The molecule has 29 heavy (non-hydrogen) atoms. The molecule has 8 heteroatoms. The van der Waals surface area contributed by atoms with Crippen molar-refractivity contribution in [3.8, 4) is 11.4 Å². The molecule has 1 aromatic carbocycles. The van der Waals surface area contributed by atoms with Gasteiger partial charge in [-0.05, 0) is 51.6 Å². The van der Waals surface area contributed by atoms with E-state index in [1.54, 1.807) is 0 Å². The third-order valence-electron chi connectivity index (χ3n) is 5.87. The first-order valence-electron chi connectivity index (χ1n) is 10.3. The standard InChI is InChI=1S/C21H29N5O2.ClH/c1-15(21-24-19(25-28-21)17-8-3-2-4-9-17)26-12-6-7-16(14-26)13-23-20(27)18-10-5-11-22-18;/h2-4,8-9,15-16,18,22H,5-7,10-14H2,1H3,(H,23,27);1H. The van der Waals surface area contributed by atoms with Crippen molar-refractivity contribution >= 4 is 18.3 Å². The van der Waals surface area contributed by atoms with E-state index >= 15 is 0 Å². The monoisotopic (exact) mass is 419 g/mol. The van der Waals surface area contributed by atoms with Crippen LogP contribution in [0, 0.1) is 5.92 Å². The van der Waals surface area contributed by atoms with Gasteiger partial charge < -0.3 is 15.2 Å². The Kier molecular flexibility index (Phi) is 7.64. The zero-order chi connectivity index (χ0) is 19.3. The van der Waals surface area contributed by atoms with E-state index in [1.165, 1.54) is 0 Å². The van der Waals surface area contributed by atoms with Crippen molar-refractivity contribution in [1.29, 1.82) is 0 Å². The molecule has 0 spiro atoms. The Morgan fingerprint density at radius 2 is 2.14 bits per heavy atom. The third kappa shape index (κ3) is 5.35. The summed E-state index contributed by atoms with van der Waals surface area (Å²) >= 11 is 0. The Labute approximate surface area is 178 Å². The first kappa shape index (κ1) is 21.7. The zero-order valence-electron chi connectivity index (χ0n) is 16.8. The van der Waals surface area contributed by atoms with Crippen LogP contribution in [0.15, 0.2) is 34.9 Å². The van der Waals surface area contributed by atoms with Gasteiger partial charge in [-0.25, -0.2) is 0 Å². The molecule has 2 fully saturated rings. The van der Waals surface area contributed by atoms with Crippen LogP contribution in [-0.4, -0.2) is 53.2 Å². The minimum absolute atomic E-state index is 0. The summed E-state index contributed by atoms with van der Waals surface area (Å²) in [6.07, 6.45) is 4.29. The number of aromatic nitrogens is 2. The predicted octanol–water partition coefficient (Wildman–Crippen LogP) is 2.80. The summed E-state index contributed by atoms with van der Waals surface area (Å²) in [5.74, 6) is 1.89. The number of carbonyl (C=O) groups is 1. The fourth-order valence-corrected chi connectivity index (χ4v) is 4.16. The number of rotatable bonds is 6. The molecule has 1 amide bonds. The summed E-state index contributed by atoms with van der Waals surface area (Å²) in [4.78, 5) is 19.2. The number of halogens is 1. The van der Waals surface area contributed by atoms with Gasteiger partial charge in [0.1, 0.15) is 0 Å². The van der Waals surface area contributed by atoms with E-state index in [9.17, 15) is 4.79 Å². The Hall–Kier alpha value is -1.96. The molecule has 4 rings (SSSR count). The highest BCUT2D eigenvalue weighted by atomic mass is 35.5. The normalized spacial score (nSPS) is 23.3. The number of amides is 1. The van der Waals surface area contributed by atoms with Crippen LogP contribution >= 0.6 is 12.4 Å². The maximum atomic E-state index is 12.2. The van der Waals surface area contributed by atoms with E-state index in [4.69, 9.17) is 4.52 Å². The average Bonchev–Trinajstić information content (AvgIpc) is 3.45. The molecule has 0 radical (unpaired) electrons. The maximum Gasteiger partial charge on any atom is 0.244 e. The number of nitrogens with zero attached hydrogens (tertiary/aromatic N) is 3. The number of likely N-dealkylation sites (tertiary alicyclic amines) is 1. The molecule has 0 aliphatic carbocycles. The van der Waals surface area contributed by atoms with Gasteiger partial charge in [0.2, 0.25) is 17.6 Å². The van der Waals surface area contributed by atoms with Crippen LogP contribution in [0.1, 0.15) is 44.5 Å². The van der Waals surface area contributed by atoms with Gasteiger partial charge in [-0.15, -0.1) is 12.4 Å². The lowest BCUT2D eigenvalue weighted by Gasteiger charge is -2.35. The second-order valence-corrected chi connectivity index (χ2v) is 7.90. The molecular weight excluding hydrogens is 390 g/mol. The summed E-state index contributed by atoms with van der Waals surface area (Å²) in [6.45, 7) is 5.74. The van der Waals surface area contributed by atoms with Crippen molar-refractivity contribution in [2.45, 2.75) is 44.7 Å². The summed E-state index contributed by atoms with van der Waals surface area (Å²) < 4.78 is 5.55. The molecule has 7 nitrogen and oxygen atoms in total. The Balaban J connectivity index is 0.00000240. The van der Waals surface area contributed by atoms with Gasteiger partial charge in [0.05, 0.1) is 12.1 Å². The van der Waals surface area contributed by atoms with Crippen molar-refractivity contribution < 1.29 is 9.32 Å². The average molecular weight is 420 g/mol. The van der Waals surface area contributed by atoms with Gasteiger partial charge >= 0.3 is 0 Å². The molecule has 2 saturated heterocycles. The molecule has 3 unspecified atom stereocenters. The van der Waals surface area contributed by atoms with Crippen molar-refractivity contribution in [2.75, 3.05) is 26.2 Å². The highest BCUT2D eigenvalue weighted by Crippen LogP contribution is 2.27. The van der Waals surface area contributed by atoms with Crippen LogP contribution in [-0.2, 0) is 4.79 Å². The molecule has 2 aromatic rings.